The zero-order chi connectivity index (χ0) is 18.1. The quantitative estimate of drug-likeness (QED) is 0.387. The van der Waals surface area contributed by atoms with Crippen LogP contribution >= 0.6 is 0 Å². The fourth-order valence-corrected chi connectivity index (χ4v) is 3.26. The summed E-state index contributed by atoms with van der Waals surface area (Å²) in [6.07, 6.45) is 5.21. The Hall–Kier alpha value is -2.82. The first-order chi connectivity index (χ1) is 11.9. The first-order valence-electron chi connectivity index (χ1n) is 8.32. The minimum absolute atomic E-state index is 0.241. The number of benzene rings is 1. The number of hydrogen-bond donors (Lipinski definition) is 2. The van der Waals surface area contributed by atoms with E-state index in [1.807, 2.05) is 18.3 Å². The molecule has 1 saturated heterocycles. The highest BCUT2D eigenvalue weighted by Crippen LogP contribution is 2.26. The van der Waals surface area contributed by atoms with E-state index >= 15 is 0 Å². The maximum atomic E-state index is 12.4. The van der Waals surface area contributed by atoms with Gasteiger partial charge in [-0.2, -0.15) is 0 Å². The third-order valence-electron chi connectivity index (χ3n) is 4.48. The van der Waals surface area contributed by atoms with Crippen LogP contribution in [0.1, 0.15) is 31.9 Å². The van der Waals surface area contributed by atoms with Crippen molar-refractivity contribution in [1.29, 1.82) is 0 Å². The van der Waals surface area contributed by atoms with Gasteiger partial charge in [0.15, 0.2) is 5.78 Å². The average molecular weight is 337 g/mol. The molecule has 25 heavy (non-hydrogen) atoms. The van der Waals surface area contributed by atoms with Gasteiger partial charge in [-0.3, -0.25) is 9.59 Å². The van der Waals surface area contributed by atoms with Crippen LogP contribution in [0.5, 0.6) is 0 Å². The summed E-state index contributed by atoms with van der Waals surface area (Å²) in [5, 5.41) is 15.2. The molecule has 2 heterocycles. The first kappa shape index (κ1) is 17.0. The standard InChI is InChI=1S/C20H22N2O3/c1-11(2)7-8-13-5-4-6-15-18(13)14(10-21-15)9-16-19(24)17(12(3)23)20(25)22-16/h4-7,10,16,21,23H,8-9H2,1-3H3,(H,22,25)/p-1/b17-12-/t16-/m0/s1. The van der Waals surface area contributed by atoms with Crippen LogP contribution in [0, 0.1) is 0 Å². The molecule has 0 saturated carbocycles. The minimum atomic E-state index is -0.679. The molecule has 1 aromatic carbocycles. The molecule has 0 spiro atoms. The molecule has 2 N–H and O–H groups in total. The lowest BCUT2D eigenvalue weighted by Gasteiger charge is -2.10. The van der Waals surface area contributed by atoms with E-state index in [4.69, 9.17) is 0 Å². The molecule has 5 nitrogen and oxygen atoms in total. The van der Waals surface area contributed by atoms with E-state index in [0.717, 1.165) is 22.9 Å². The van der Waals surface area contributed by atoms with Gasteiger partial charge in [-0.15, -0.1) is 5.76 Å². The molecule has 1 amide bonds. The van der Waals surface area contributed by atoms with Crippen LogP contribution in [0.15, 0.2) is 47.4 Å². The number of carbonyl (C=O) groups is 2. The van der Waals surface area contributed by atoms with Gasteiger partial charge in [0.25, 0.3) is 5.91 Å². The molecule has 1 aliphatic heterocycles. The second-order valence-corrected chi connectivity index (χ2v) is 6.66. The number of carbonyl (C=O) groups excluding carboxylic acids is 2. The Morgan fingerprint density at radius 2 is 1.96 bits per heavy atom. The number of nitrogens with one attached hydrogen (secondary N) is 2. The molecule has 1 atom stereocenters. The Morgan fingerprint density at radius 3 is 2.60 bits per heavy atom. The number of Topliss-reactive ketones (excluding diaryl/α,β-unsaturated/α-hetero) is 1. The number of ketones is 1. The minimum Gasteiger partial charge on any atom is -0.875 e. The second kappa shape index (κ2) is 6.59. The van der Waals surface area contributed by atoms with Gasteiger partial charge in [-0.1, -0.05) is 30.7 Å². The molecule has 0 aliphatic carbocycles. The lowest BCUT2D eigenvalue weighted by Crippen LogP contribution is -2.31. The van der Waals surface area contributed by atoms with Crippen LogP contribution in [0.3, 0.4) is 0 Å². The van der Waals surface area contributed by atoms with Crippen LogP contribution < -0.4 is 10.4 Å². The van der Waals surface area contributed by atoms with E-state index in [9.17, 15) is 14.7 Å². The van der Waals surface area contributed by atoms with Gasteiger partial charge in [0.1, 0.15) is 0 Å². The van der Waals surface area contributed by atoms with Crippen molar-refractivity contribution in [3.8, 4) is 0 Å². The fraction of sp³-hybridized carbons (Fsp3) is 0.300. The first-order valence-corrected chi connectivity index (χ1v) is 8.32. The number of amides is 1. The second-order valence-electron chi connectivity index (χ2n) is 6.66. The number of aromatic amines is 1. The zero-order valence-corrected chi connectivity index (χ0v) is 14.6. The zero-order valence-electron chi connectivity index (χ0n) is 14.6. The molecule has 0 bridgehead atoms. The van der Waals surface area contributed by atoms with Crippen molar-refractivity contribution in [3.05, 3.63) is 58.5 Å². The number of hydrogen-bond acceptors (Lipinski definition) is 3. The van der Waals surface area contributed by atoms with Crippen LogP contribution in [0.2, 0.25) is 0 Å². The summed E-state index contributed by atoms with van der Waals surface area (Å²) >= 11 is 0. The Kier molecular flexibility index (Phi) is 4.49. The number of aromatic nitrogens is 1. The average Bonchev–Trinajstić information content (AvgIpc) is 3.07. The summed E-state index contributed by atoms with van der Waals surface area (Å²) < 4.78 is 0. The molecule has 130 valence electrons. The molecule has 2 aromatic rings. The van der Waals surface area contributed by atoms with Gasteiger partial charge < -0.3 is 15.4 Å². The highest BCUT2D eigenvalue weighted by molar-refractivity contribution is 6.26. The van der Waals surface area contributed by atoms with Crippen LogP contribution in [0.4, 0.5) is 0 Å². The third kappa shape index (κ3) is 3.22. The van der Waals surface area contributed by atoms with Gasteiger partial charge in [0.2, 0.25) is 0 Å². The Labute approximate surface area is 146 Å². The van der Waals surface area contributed by atoms with E-state index in [1.54, 1.807) is 0 Å². The number of allylic oxidation sites excluding steroid dienone is 3. The Balaban J connectivity index is 1.95. The smallest absolute Gasteiger partial charge is 0.254 e. The predicted octanol–water partition coefficient (Wildman–Crippen LogP) is 1.92. The number of fused-ring (bicyclic) bond motifs is 1. The molecule has 1 fully saturated rings. The predicted molar refractivity (Wildman–Crippen MR) is 94.8 cm³/mol. The summed E-state index contributed by atoms with van der Waals surface area (Å²) in [4.78, 5) is 27.5. The van der Waals surface area contributed by atoms with Crippen molar-refractivity contribution in [2.75, 3.05) is 0 Å². The molecular weight excluding hydrogens is 316 g/mol. The van der Waals surface area contributed by atoms with Gasteiger partial charge in [0, 0.05) is 23.5 Å². The topological polar surface area (TPSA) is 85.0 Å². The van der Waals surface area contributed by atoms with Crippen molar-refractivity contribution in [2.45, 2.75) is 39.7 Å². The SMILES string of the molecule is CC(C)=CCc1cccc2[nH]cc(C[C@@H]3NC(=O)/C(=C(/C)[O-])C3=O)c12. The van der Waals surface area contributed by atoms with E-state index in [0.29, 0.717) is 6.42 Å². The largest absolute Gasteiger partial charge is 0.875 e. The molecule has 1 aromatic heterocycles. The number of rotatable bonds is 4. The highest BCUT2D eigenvalue weighted by Gasteiger charge is 2.35. The Bertz CT molecular complexity index is 910. The lowest BCUT2D eigenvalue weighted by molar-refractivity contribution is -0.302. The van der Waals surface area contributed by atoms with Crippen molar-refractivity contribution < 1.29 is 14.7 Å². The van der Waals surface area contributed by atoms with E-state index in [2.05, 4.69) is 36.3 Å². The monoisotopic (exact) mass is 337 g/mol. The van der Waals surface area contributed by atoms with E-state index in [1.165, 1.54) is 18.1 Å². The lowest BCUT2D eigenvalue weighted by atomic mass is 9.97. The normalized spacial score (nSPS) is 19.2. The summed E-state index contributed by atoms with van der Waals surface area (Å²) in [5.74, 6) is -1.45. The molecule has 5 heteroatoms. The van der Waals surface area contributed by atoms with E-state index in [-0.39, 0.29) is 5.57 Å². The van der Waals surface area contributed by atoms with Crippen molar-refractivity contribution in [3.63, 3.8) is 0 Å². The summed E-state index contributed by atoms with van der Waals surface area (Å²) in [6.45, 7) is 5.37. The molecule has 1 aliphatic rings. The molecule has 0 unspecified atom stereocenters. The number of H-pyrrole nitrogens is 1. The van der Waals surface area contributed by atoms with E-state index < -0.39 is 23.5 Å². The van der Waals surface area contributed by atoms with Gasteiger partial charge in [-0.25, -0.2) is 0 Å². The summed E-state index contributed by atoms with van der Waals surface area (Å²) in [5.41, 5.74) is 4.14. The third-order valence-corrected chi connectivity index (χ3v) is 4.48. The maximum Gasteiger partial charge on any atom is 0.254 e. The van der Waals surface area contributed by atoms with Crippen LogP contribution in [-0.4, -0.2) is 22.7 Å². The van der Waals surface area contributed by atoms with Gasteiger partial charge in [0.05, 0.1) is 11.6 Å². The van der Waals surface area contributed by atoms with Gasteiger partial charge >= 0.3 is 0 Å². The van der Waals surface area contributed by atoms with Gasteiger partial charge in [-0.05, 0) is 37.5 Å². The molecular formula is C20H21N2O3-. The highest BCUT2D eigenvalue weighted by atomic mass is 16.3. The molecule has 3 rings (SSSR count). The summed E-state index contributed by atoms with van der Waals surface area (Å²) in [6, 6.07) is 5.39. The molecule has 0 radical (unpaired) electrons. The van der Waals surface area contributed by atoms with Crippen LogP contribution in [-0.2, 0) is 22.4 Å². The Morgan fingerprint density at radius 1 is 1.20 bits per heavy atom. The van der Waals surface area contributed by atoms with Crippen molar-refractivity contribution >= 4 is 22.6 Å². The fourth-order valence-electron chi connectivity index (χ4n) is 3.26. The van der Waals surface area contributed by atoms with Crippen LogP contribution in [0.25, 0.3) is 10.9 Å². The maximum absolute atomic E-state index is 12.4. The van der Waals surface area contributed by atoms with Crippen molar-refractivity contribution in [1.82, 2.24) is 10.3 Å². The van der Waals surface area contributed by atoms with Crippen molar-refractivity contribution in [2.24, 2.45) is 0 Å². The summed E-state index contributed by atoms with van der Waals surface area (Å²) in [7, 11) is 0.